The van der Waals surface area contributed by atoms with Crippen molar-refractivity contribution in [2.75, 3.05) is 6.54 Å². The molecule has 1 saturated heterocycles. The number of hydrogen-bond acceptors (Lipinski definition) is 4. The number of piperidine rings is 1. The highest BCUT2D eigenvalue weighted by atomic mass is 35.5. The van der Waals surface area contributed by atoms with E-state index in [1.165, 1.54) is 23.4 Å². The maximum absolute atomic E-state index is 9.72. The summed E-state index contributed by atoms with van der Waals surface area (Å²) in [6.07, 6.45) is 3.48. The van der Waals surface area contributed by atoms with Crippen LogP contribution in [0.3, 0.4) is 0 Å². The minimum Gasteiger partial charge on any atom is -0.493 e. The Kier molecular flexibility index (Phi) is 2.64. The number of nitrogens with zero attached hydrogens (tertiary/aromatic N) is 3. The number of nitrogens with one attached hydrogen (secondary N) is 1. The molecule has 1 atom stereocenters. The zero-order chi connectivity index (χ0) is 11.8. The number of halogens is 1. The summed E-state index contributed by atoms with van der Waals surface area (Å²) < 4.78 is 1.41. The van der Waals surface area contributed by atoms with Gasteiger partial charge < -0.3 is 10.4 Å². The van der Waals surface area contributed by atoms with Crippen molar-refractivity contribution in [1.82, 2.24) is 19.9 Å². The summed E-state index contributed by atoms with van der Waals surface area (Å²) in [6.45, 7) is 1.01. The van der Waals surface area contributed by atoms with Crippen molar-refractivity contribution in [3.05, 3.63) is 23.0 Å². The number of aromatic hydroxyl groups is 1. The number of aromatic nitrogens is 3. The van der Waals surface area contributed by atoms with Gasteiger partial charge in [0.2, 0.25) is 5.88 Å². The zero-order valence-corrected chi connectivity index (χ0v) is 9.98. The second-order valence-electron chi connectivity index (χ2n) is 4.28. The molecule has 5 nitrogen and oxygen atoms in total. The molecule has 0 bridgehead atoms. The molecule has 6 heteroatoms. The molecule has 1 fully saturated rings. The first-order chi connectivity index (χ1) is 8.24. The SMILES string of the molecule is Oc1cc(Cl)nc2cc([C@@H]3CCCCN3)nn12. The van der Waals surface area contributed by atoms with Crippen LogP contribution in [0.15, 0.2) is 12.1 Å². The fourth-order valence-corrected chi connectivity index (χ4v) is 2.41. The van der Waals surface area contributed by atoms with Gasteiger partial charge in [-0.2, -0.15) is 9.61 Å². The van der Waals surface area contributed by atoms with Crippen LogP contribution < -0.4 is 5.32 Å². The van der Waals surface area contributed by atoms with E-state index in [2.05, 4.69) is 15.4 Å². The van der Waals surface area contributed by atoms with Crippen LogP contribution in [0.1, 0.15) is 31.0 Å². The van der Waals surface area contributed by atoms with E-state index in [1.54, 1.807) is 0 Å². The highest BCUT2D eigenvalue weighted by molar-refractivity contribution is 6.29. The summed E-state index contributed by atoms with van der Waals surface area (Å²) in [6, 6.07) is 3.51. The summed E-state index contributed by atoms with van der Waals surface area (Å²) in [5.41, 5.74) is 1.49. The van der Waals surface area contributed by atoms with E-state index in [1.807, 2.05) is 6.07 Å². The van der Waals surface area contributed by atoms with Crippen LogP contribution in [0.5, 0.6) is 5.88 Å². The lowest BCUT2D eigenvalue weighted by atomic mass is 10.0. The second kappa shape index (κ2) is 4.16. The Morgan fingerprint density at radius 2 is 2.29 bits per heavy atom. The molecule has 1 aliphatic heterocycles. The Morgan fingerprint density at radius 3 is 3.06 bits per heavy atom. The van der Waals surface area contributed by atoms with E-state index >= 15 is 0 Å². The Morgan fingerprint density at radius 1 is 1.41 bits per heavy atom. The van der Waals surface area contributed by atoms with Crippen LogP contribution >= 0.6 is 11.6 Å². The fraction of sp³-hybridized carbons (Fsp3) is 0.455. The molecular formula is C11H13ClN4O. The normalized spacial score (nSPS) is 20.9. The molecule has 2 N–H and O–H groups in total. The Hall–Kier alpha value is -1.33. The van der Waals surface area contributed by atoms with E-state index in [-0.39, 0.29) is 17.1 Å². The van der Waals surface area contributed by atoms with Crippen LogP contribution in [0.25, 0.3) is 5.65 Å². The molecule has 90 valence electrons. The van der Waals surface area contributed by atoms with Crippen LogP contribution in [0.4, 0.5) is 0 Å². The maximum atomic E-state index is 9.72. The molecule has 0 radical (unpaired) electrons. The zero-order valence-electron chi connectivity index (χ0n) is 9.23. The van der Waals surface area contributed by atoms with Crippen molar-refractivity contribution in [3.63, 3.8) is 0 Å². The van der Waals surface area contributed by atoms with Gasteiger partial charge in [0.1, 0.15) is 5.15 Å². The van der Waals surface area contributed by atoms with Gasteiger partial charge in [-0.05, 0) is 19.4 Å². The number of fused-ring (bicyclic) bond motifs is 1. The van der Waals surface area contributed by atoms with E-state index in [0.29, 0.717) is 5.65 Å². The van der Waals surface area contributed by atoms with Crippen molar-refractivity contribution in [3.8, 4) is 5.88 Å². The first-order valence-electron chi connectivity index (χ1n) is 5.72. The number of rotatable bonds is 1. The molecule has 0 aliphatic carbocycles. The Balaban J connectivity index is 2.03. The summed E-state index contributed by atoms with van der Waals surface area (Å²) in [4.78, 5) is 4.13. The average molecular weight is 253 g/mol. The molecule has 1 aliphatic rings. The smallest absolute Gasteiger partial charge is 0.217 e. The third-order valence-electron chi connectivity index (χ3n) is 3.06. The molecular weight excluding hydrogens is 240 g/mol. The van der Waals surface area contributed by atoms with E-state index < -0.39 is 0 Å². The standard InChI is InChI=1S/C11H13ClN4O/c12-9-6-11(17)16-10(14-9)5-8(15-16)7-3-1-2-4-13-7/h5-7,13,17H,1-4H2/t7-/m0/s1. The van der Waals surface area contributed by atoms with E-state index in [9.17, 15) is 5.11 Å². The average Bonchev–Trinajstić information content (AvgIpc) is 2.74. The van der Waals surface area contributed by atoms with Crippen molar-refractivity contribution in [2.24, 2.45) is 0 Å². The van der Waals surface area contributed by atoms with Gasteiger partial charge in [0, 0.05) is 12.1 Å². The second-order valence-corrected chi connectivity index (χ2v) is 4.67. The van der Waals surface area contributed by atoms with Crippen LogP contribution in [0, 0.1) is 0 Å². The van der Waals surface area contributed by atoms with Gasteiger partial charge in [0.15, 0.2) is 5.65 Å². The summed E-state index contributed by atoms with van der Waals surface area (Å²) >= 11 is 5.79. The Labute approximate surface area is 103 Å². The lowest BCUT2D eigenvalue weighted by Gasteiger charge is -2.21. The Bertz CT molecular complexity index is 548. The van der Waals surface area contributed by atoms with Gasteiger partial charge in [-0.15, -0.1) is 0 Å². The third-order valence-corrected chi connectivity index (χ3v) is 3.26. The molecule has 3 rings (SSSR count). The van der Waals surface area contributed by atoms with Gasteiger partial charge in [0.05, 0.1) is 11.7 Å². The highest BCUT2D eigenvalue weighted by Gasteiger charge is 2.19. The molecule has 17 heavy (non-hydrogen) atoms. The minimum atomic E-state index is 0.0158. The van der Waals surface area contributed by atoms with Gasteiger partial charge in [0.25, 0.3) is 0 Å². The molecule has 0 spiro atoms. The van der Waals surface area contributed by atoms with Crippen molar-refractivity contribution >= 4 is 17.2 Å². The van der Waals surface area contributed by atoms with Gasteiger partial charge in [-0.25, -0.2) is 4.98 Å². The van der Waals surface area contributed by atoms with Crippen LogP contribution in [-0.2, 0) is 0 Å². The van der Waals surface area contributed by atoms with Crippen molar-refractivity contribution in [2.45, 2.75) is 25.3 Å². The van der Waals surface area contributed by atoms with Crippen LogP contribution in [-0.4, -0.2) is 26.2 Å². The summed E-state index contributed by atoms with van der Waals surface area (Å²) in [5.74, 6) is 0.0158. The molecule has 3 heterocycles. The molecule has 0 aromatic carbocycles. The lowest BCUT2D eigenvalue weighted by molar-refractivity contribution is 0.399. The summed E-state index contributed by atoms with van der Waals surface area (Å²) in [5, 5.41) is 17.8. The van der Waals surface area contributed by atoms with Gasteiger partial charge in [-0.1, -0.05) is 18.0 Å². The monoisotopic (exact) mass is 252 g/mol. The van der Waals surface area contributed by atoms with Crippen LogP contribution in [0.2, 0.25) is 5.15 Å². The molecule has 2 aromatic rings. The highest BCUT2D eigenvalue weighted by Crippen LogP contribution is 2.25. The quantitative estimate of drug-likeness (QED) is 0.761. The van der Waals surface area contributed by atoms with E-state index in [4.69, 9.17) is 11.6 Å². The largest absolute Gasteiger partial charge is 0.493 e. The predicted molar refractivity (Wildman–Crippen MR) is 64.3 cm³/mol. The maximum Gasteiger partial charge on any atom is 0.217 e. The molecule has 0 saturated carbocycles. The molecule has 2 aromatic heterocycles. The van der Waals surface area contributed by atoms with Crippen molar-refractivity contribution < 1.29 is 5.11 Å². The minimum absolute atomic E-state index is 0.0158. The number of hydrogen-bond donors (Lipinski definition) is 2. The lowest BCUT2D eigenvalue weighted by Crippen LogP contribution is -2.27. The van der Waals surface area contributed by atoms with Crippen molar-refractivity contribution in [1.29, 1.82) is 0 Å². The molecule has 0 unspecified atom stereocenters. The van der Waals surface area contributed by atoms with E-state index in [0.717, 1.165) is 18.7 Å². The first-order valence-corrected chi connectivity index (χ1v) is 6.10. The molecule has 0 amide bonds. The summed E-state index contributed by atoms with van der Waals surface area (Å²) in [7, 11) is 0. The van der Waals surface area contributed by atoms with Gasteiger partial charge in [-0.3, -0.25) is 0 Å². The predicted octanol–water partition coefficient (Wildman–Crippen LogP) is 1.90. The third kappa shape index (κ3) is 1.96. The van der Waals surface area contributed by atoms with Gasteiger partial charge >= 0.3 is 0 Å². The fourth-order valence-electron chi connectivity index (χ4n) is 2.22. The first kappa shape index (κ1) is 10.8. The topological polar surface area (TPSA) is 62.5 Å².